The number of hydrogen-bond donors (Lipinski definition) is 1. The summed E-state index contributed by atoms with van der Waals surface area (Å²) >= 11 is 17.1. The van der Waals surface area contributed by atoms with Gasteiger partial charge in [0, 0.05) is 11.4 Å². The lowest BCUT2D eigenvalue weighted by atomic mass is 10.2. The van der Waals surface area contributed by atoms with Gasteiger partial charge in [0.1, 0.15) is 0 Å². The Kier molecular flexibility index (Phi) is 4.41. The average molecular weight is 286 g/mol. The predicted octanol–water partition coefficient (Wildman–Crippen LogP) is 3.98. The van der Waals surface area contributed by atoms with E-state index >= 15 is 0 Å². The fraction of sp³-hybridized carbons (Fsp3) is 0.444. The largest absolute Gasteiger partial charge is 0.280 e. The highest BCUT2D eigenvalue weighted by Gasteiger charge is 2.24. The molecule has 0 aliphatic heterocycles. The van der Waals surface area contributed by atoms with Crippen LogP contribution in [0.3, 0.4) is 0 Å². The van der Waals surface area contributed by atoms with Crippen LogP contribution in [0.15, 0.2) is 18.3 Å². The second-order valence-corrected chi connectivity index (χ2v) is 7.28. The highest BCUT2D eigenvalue weighted by atomic mass is 35.6. The van der Waals surface area contributed by atoms with Gasteiger partial charge in [0.25, 0.3) is 0 Å². The lowest BCUT2D eigenvalue weighted by molar-refractivity contribution is 1.01. The van der Waals surface area contributed by atoms with Gasteiger partial charge in [-0.2, -0.15) is 0 Å². The first-order valence-electron chi connectivity index (χ1n) is 4.21. The average Bonchev–Trinajstić information content (AvgIpc) is 2.15. The molecule has 0 aromatic carbocycles. The highest BCUT2D eigenvalue weighted by molar-refractivity contribution is 7.85. The van der Waals surface area contributed by atoms with Gasteiger partial charge in [0.15, 0.2) is 0 Å². The van der Waals surface area contributed by atoms with Crippen LogP contribution in [0.5, 0.6) is 0 Å². The van der Waals surface area contributed by atoms with Gasteiger partial charge in [-0.15, -0.1) is 10.7 Å². The van der Waals surface area contributed by atoms with Crippen molar-refractivity contribution in [3.63, 3.8) is 0 Å². The van der Waals surface area contributed by atoms with Crippen LogP contribution in [0, 0.1) is 4.78 Å². The number of nitrogens with one attached hydrogen (secondary N) is 1. The Morgan fingerprint density at radius 3 is 2.33 bits per heavy atom. The zero-order valence-electron chi connectivity index (χ0n) is 8.30. The van der Waals surface area contributed by atoms with Crippen LogP contribution >= 0.6 is 34.8 Å². The van der Waals surface area contributed by atoms with E-state index in [0.717, 1.165) is 5.56 Å². The van der Waals surface area contributed by atoms with Crippen molar-refractivity contribution in [3.05, 3.63) is 29.6 Å². The van der Waals surface area contributed by atoms with Crippen molar-refractivity contribution < 1.29 is 0 Å². The molecule has 1 heterocycles. The Labute approximate surface area is 107 Å². The second kappa shape index (κ2) is 5.00. The van der Waals surface area contributed by atoms with Crippen molar-refractivity contribution in [3.8, 4) is 0 Å². The lowest BCUT2D eigenvalue weighted by Crippen LogP contribution is -2.05. The minimum absolute atomic E-state index is 0.155. The molecule has 0 saturated carbocycles. The van der Waals surface area contributed by atoms with Crippen molar-refractivity contribution in [2.45, 2.75) is 16.0 Å². The van der Waals surface area contributed by atoms with Crippen molar-refractivity contribution in [2.75, 3.05) is 6.26 Å². The third-order valence-electron chi connectivity index (χ3n) is 2.08. The van der Waals surface area contributed by atoms with Crippen LogP contribution in [0.25, 0.3) is 0 Å². The minimum atomic E-state index is -1.48. The Hall–Kier alpha value is 0.170. The van der Waals surface area contributed by atoms with Gasteiger partial charge in [0.2, 0.25) is 3.79 Å². The summed E-state index contributed by atoms with van der Waals surface area (Å²) in [6, 6.07) is 3.54. The number of aromatic nitrogens is 1. The van der Waals surface area contributed by atoms with E-state index in [-0.39, 0.29) is 5.25 Å². The first-order valence-corrected chi connectivity index (χ1v) is 7.04. The van der Waals surface area contributed by atoms with Gasteiger partial charge in [-0.3, -0.25) is 9.76 Å². The predicted molar refractivity (Wildman–Crippen MR) is 67.9 cm³/mol. The number of alkyl halides is 3. The molecule has 0 aliphatic rings. The van der Waals surface area contributed by atoms with E-state index in [0.29, 0.717) is 5.69 Å². The molecule has 1 N–H and O–H groups in total. The van der Waals surface area contributed by atoms with Crippen LogP contribution in [0.2, 0.25) is 0 Å². The van der Waals surface area contributed by atoms with Gasteiger partial charge in [0.05, 0.1) is 5.69 Å². The lowest BCUT2D eigenvalue weighted by Gasteiger charge is -2.13. The molecular weight excluding hydrogens is 275 g/mol. The van der Waals surface area contributed by atoms with Gasteiger partial charge in [-0.25, -0.2) is 0 Å². The smallest absolute Gasteiger partial charge is 0.232 e. The normalized spacial score (nSPS) is 16.1. The summed E-state index contributed by atoms with van der Waals surface area (Å²) in [6.07, 6.45) is 3.54. The quantitative estimate of drug-likeness (QED) is 0.820. The van der Waals surface area contributed by atoms with Crippen molar-refractivity contribution in [1.29, 1.82) is 4.78 Å². The Morgan fingerprint density at radius 1 is 1.40 bits per heavy atom. The molecule has 2 atom stereocenters. The molecule has 1 aromatic heterocycles. The van der Waals surface area contributed by atoms with Gasteiger partial charge >= 0.3 is 0 Å². The van der Waals surface area contributed by atoms with Crippen LogP contribution in [0.1, 0.15) is 23.4 Å². The number of nitrogens with zero attached hydrogens (tertiary/aromatic N) is 1. The number of rotatable bonds is 2. The Balaban J connectivity index is 2.95. The zero-order valence-corrected chi connectivity index (χ0v) is 11.4. The molecule has 0 saturated heterocycles. The van der Waals surface area contributed by atoms with E-state index in [1.807, 2.05) is 19.2 Å². The molecule has 6 heteroatoms. The molecule has 2 unspecified atom stereocenters. The van der Waals surface area contributed by atoms with Gasteiger partial charge < -0.3 is 0 Å². The van der Waals surface area contributed by atoms with Crippen LogP contribution < -0.4 is 0 Å². The fourth-order valence-corrected chi connectivity index (χ4v) is 1.90. The SMILES string of the molecule is CC(c1ccc(C(Cl)(Cl)Cl)nc1)S(C)=N. The first-order chi connectivity index (χ1) is 6.82. The molecule has 1 rings (SSSR count). The first kappa shape index (κ1) is 13.2. The van der Waals surface area contributed by atoms with E-state index in [1.54, 1.807) is 12.3 Å². The minimum Gasteiger partial charge on any atom is -0.280 e. The molecule has 0 aliphatic carbocycles. The third kappa shape index (κ3) is 3.59. The monoisotopic (exact) mass is 284 g/mol. The molecular formula is C9H11Cl3N2S. The fourth-order valence-electron chi connectivity index (χ4n) is 1.02. The molecule has 0 spiro atoms. The zero-order chi connectivity index (χ0) is 11.6. The van der Waals surface area contributed by atoms with Gasteiger partial charge in [-0.05, 0) is 24.8 Å². The molecule has 0 fully saturated rings. The maximum atomic E-state index is 7.62. The van der Waals surface area contributed by atoms with Crippen molar-refractivity contribution >= 4 is 45.5 Å². The summed E-state index contributed by atoms with van der Waals surface area (Å²) in [5.74, 6) is 0. The van der Waals surface area contributed by atoms with E-state index < -0.39 is 14.5 Å². The number of halogens is 3. The standard InChI is InChI=1S/C9H11Cl3N2S/c1-6(15(2)13)7-3-4-8(14-5-7)9(10,11)12/h3-6,13H,1-2H3. The topological polar surface area (TPSA) is 36.7 Å². The Morgan fingerprint density at radius 2 is 2.00 bits per heavy atom. The molecule has 84 valence electrons. The summed E-state index contributed by atoms with van der Waals surface area (Å²) in [6.45, 7) is 1.99. The van der Waals surface area contributed by atoms with Crippen molar-refractivity contribution in [1.82, 2.24) is 4.98 Å². The summed E-state index contributed by atoms with van der Waals surface area (Å²) in [4.78, 5) is 4.08. The molecule has 0 bridgehead atoms. The van der Waals surface area contributed by atoms with Crippen LogP contribution in [-0.2, 0) is 14.5 Å². The van der Waals surface area contributed by atoms with E-state index in [2.05, 4.69) is 4.98 Å². The number of hydrogen-bond acceptors (Lipinski definition) is 2. The molecule has 2 nitrogen and oxygen atoms in total. The molecule has 0 amide bonds. The number of pyridine rings is 1. The van der Waals surface area contributed by atoms with Crippen LogP contribution in [-0.4, -0.2) is 11.2 Å². The van der Waals surface area contributed by atoms with E-state index in [1.165, 1.54) is 0 Å². The van der Waals surface area contributed by atoms with Gasteiger partial charge in [-0.1, -0.05) is 40.9 Å². The summed E-state index contributed by atoms with van der Waals surface area (Å²) in [5, 5.41) is 0.155. The maximum absolute atomic E-state index is 7.62. The molecule has 0 radical (unpaired) electrons. The summed E-state index contributed by atoms with van der Waals surface area (Å²) in [7, 11) is -0.428. The van der Waals surface area contributed by atoms with Crippen molar-refractivity contribution in [2.24, 2.45) is 0 Å². The maximum Gasteiger partial charge on any atom is 0.232 e. The Bertz CT molecular complexity index is 359. The molecule has 1 aromatic rings. The second-order valence-electron chi connectivity index (χ2n) is 3.17. The molecule has 15 heavy (non-hydrogen) atoms. The summed E-state index contributed by atoms with van der Waals surface area (Å²) in [5.41, 5.74) is 1.40. The third-order valence-corrected chi connectivity index (χ3v) is 3.99. The van der Waals surface area contributed by atoms with Crippen LogP contribution in [0.4, 0.5) is 0 Å². The summed E-state index contributed by atoms with van der Waals surface area (Å²) < 4.78 is 6.14. The van der Waals surface area contributed by atoms with E-state index in [9.17, 15) is 0 Å². The highest BCUT2D eigenvalue weighted by Crippen LogP contribution is 2.37. The van der Waals surface area contributed by atoms with E-state index in [4.69, 9.17) is 39.6 Å².